The first kappa shape index (κ1) is 33.5. The van der Waals surface area contributed by atoms with Gasteiger partial charge >= 0.3 is 13.7 Å². The number of para-hydroxylation sites is 1. The van der Waals surface area contributed by atoms with Crippen LogP contribution < -0.4 is 20.1 Å². The molecule has 15 nitrogen and oxygen atoms in total. The van der Waals surface area contributed by atoms with E-state index in [4.69, 9.17) is 29.0 Å². The lowest BCUT2D eigenvalue weighted by atomic mass is 9.95. The molecule has 6 atom stereocenters. The first-order chi connectivity index (χ1) is 20.5. The number of halogens is 1. The van der Waals surface area contributed by atoms with Gasteiger partial charge in [-0.05, 0) is 38.3 Å². The van der Waals surface area contributed by atoms with Gasteiger partial charge in [-0.25, -0.2) is 13.9 Å². The quantitative estimate of drug-likeness (QED) is 0.166. The van der Waals surface area contributed by atoms with Crippen molar-refractivity contribution < 1.29 is 47.2 Å². The summed E-state index contributed by atoms with van der Waals surface area (Å²) in [5, 5.41) is 24.6. The summed E-state index contributed by atoms with van der Waals surface area (Å²) in [5.41, 5.74) is 3.38. The van der Waals surface area contributed by atoms with Crippen LogP contribution in [0.4, 0.5) is 10.3 Å². The highest BCUT2D eigenvalue weighted by molar-refractivity contribution is 7.52. The topological polar surface area (TPSA) is 202 Å². The first-order valence-electron chi connectivity index (χ1n) is 13.8. The number of carbonyl (C=O) groups excluding carboxylic acids is 1. The number of alkyl halides is 1. The molecule has 2 aromatic heterocycles. The monoisotopic (exact) mass is 640 g/mol. The lowest BCUT2D eigenvalue weighted by Gasteiger charge is -2.29. The van der Waals surface area contributed by atoms with Crippen LogP contribution in [-0.2, 0) is 23.4 Å². The second-order valence-corrected chi connectivity index (χ2v) is 13.4. The summed E-state index contributed by atoms with van der Waals surface area (Å²) in [6.07, 6.45) is -2.66. The Morgan fingerprint density at radius 2 is 1.98 bits per heavy atom. The molecular weight excluding hydrogens is 602 g/mol. The fourth-order valence-electron chi connectivity index (χ4n) is 4.29. The number of carbonyl (C=O) groups is 1. The Balaban J connectivity index is 1.59. The Morgan fingerprint density at radius 3 is 2.61 bits per heavy atom. The number of aromatic nitrogens is 4. The number of anilines is 1. The van der Waals surface area contributed by atoms with Gasteiger partial charge in [-0.2, -0.15) is 15.1 Å². The molecule has 0 spiro atoms. The summed E-state index contributed by atoms with van der Waals surface area (Å²) < 4.78 is 58.7. The molecule has 1 aromatic carbocycles. The van der Waals surface area contributed by atoms with E-state index in [-0.39, 0.29) is 47.4 Å². The molecule has 0 aliphatic carbocycles. The largest absolute Gasteiger partial charge is 0.476 e. The van der Waals surface area contributed by atoms with Gasteiger partial charge in [-0.1, -0.05) is 39.0 Å². The highest BCUT2D eigenvalue weighted by Gasteiger charge is 2.64. The number of fused-ring (bicyclic) bond motifs is 1. The summed E-state index contributed by atoms with van der Waals surface area (Å²) in [4.78, 5) is 24.9. The van der Waals surface area contributed by atoms with E-state index in [0.29, 0.717) is 0 Å². The number of imidazole rings is 1. The highest BCUT2D eigenvalue weighted by Crippen LogP contribution is 2.51. The maximum absolute atomic E-state index is 16.4. The number of aliphatic hydroxyl groups excluding tert-OH is 1. The molecule has 1 aliphatic heterocycles. The van der Waals surface area contributed by atoms with Gasteiger partial charge < -0.3 is 34.7 Å². The van der Waals surface area contributed by atoms with E-state index >= 15 is 4.39 Å². The number of hydrogen-bond acceptors (Lipinski definition) is 13. The van der Waals surface area contributed by atoms with Crippen molar-refractivity contribution in [2.24, 2.45) is 5.41 Å². The lowest BCUT2D eigenvalue weighted by molar-refractivity contribution is -0.202. The van der Waals surface area contributed by atoms with Gasteiger partial charge in [-0.3, -0.25) is 13.9 Å². The smallest absolute Gasteiger partial charge is 0.459 e. The van der Waals surface area contributed by atoms with Crippen LogP contribution in [0.25, 0.3) is 11.2 Å². The third-order valence-electron chi connectivity index (χ3n) is 6.46. The minimum atomic E-state index is -4.56. The Morgan fingerprint density at radius 1 is 1.30 bits per heavy atom. The molecular formula is C27H38FN6O9P. The van der Waals surface area contributed by atoms with Crippen LogP contribution in [0.5, 0.6) is 11.6 Å². The molecule has 1 fully saturated rings. The maximum Gasteiger partial charge on any atom is 0.459 e. The van der Waals surface area contributed by atoms with Crippen molar-refractivity contribution in [3.63, 3.8) is 0 Å². The maximum atomic E-state index is 16.4. The van der Waals surface area contributed by atoms with Crippen molar-refractivity contribution >= 4 is 30.8 Å². The van der Waals surface area contributed by atoms with Crippen LogP contribution in [0.3, 0.4) is 0 Å². The van der Waals surface area contributed by atoms with Crippen LogP contribution in [0.1, 0.15) is 47.8 Å². The lowest BCUT2D eigenvalue weighted by Crippen LogP contribution is -2.49. The molecule has 0 amide bonds. The van der Waals surface area contributed by atoms with Crippen molar-refractivity contribution in [1.29, 1.82) is 0 Å². The standard InChI is InChI=1S/C27H38FN6O9P/c1-7-39-20-18-19(31-24(29)32-20)34(15-30-18)23-26(6,37)22(36)27(28,42-23)14-41-44(38,43-17-11-9-8-10-12-17)33-16(2)21(35)40-13-25(3,4)5/h8-12,15-16,22-23,36-37H,7,13-14H2,1-6H3,(H,33,38)(H2,29,31,32). The zero-order chi connectivity index (χ0) is 32.5. The minimum Gasteiger partial charge on any atom is -0.476 e. The molecule has 0 bridgehead atoms. The fraction of sp³-hybridized carbons (Fsp3) is 0.556. The molecule has 1 aliphatic rings. The van der Waals surface area contributed by atoms with Gasteiger partial charge in [0.05, 0.1) is 19.5 Å². The molecule has 3 aromatic rings. The minimum absolute atomic E-state index is 0.0333. The predicted octanol–water partition coefficient (Wildman–Crippen LogP) is 2.88. The summed E-state index contributed by atoms with van der Waals surface area (Å²) in [6, 6.07) is 6.63. The number of nitrogens with two attached hydrogens (primary N) is 1. The Kier molecular flexibility index (Phi) is 9.54. The SMILES string of the molecule is CCOc1nc(N)nc2c1ncn2C1OC(F)(COP(=O)(NC(C)C(=O)OCC(C)(C)C)Oc2ccccc2)C(O)C1(C)O. The van der Waals surface area contributed by atoms with Gasteiger partial charge in [0.2, 0.25) is 11.8 Å². The fourth-order valence-corrected chi connectivity index (χ4v) is 5.80. The van der Waals surface area contributed by atoms with Crippen molar-refractivity contribution in [2.75, 3.05) is 25.6 Å². The average Bonchev–Trinajstić information content (AvgIpc) is 3.43. The predicted molar refractivity (Wildman–Crippen MR) is 155 cm³/mol. The van der Waals surface area contributed by atoms with Crippen LogP contribution in [0, 0.1) is 5.41 Å². The van der Waals surface area contributed by atoms with Crippen LogP contribution in [0.15, 0.2) is 36.7 Å². The van der Waals surface area contributed by atoms with Crippen molar-refractivity contribution in [2.45, 2.75) is 71.4 Å². The van der Waals surface area contributed by atoms with Crippen LogP contribution in [-0.4, -0.2) is 79.1 Å². The van der Waals surface area contributed by atoms with Gasteiger partial charge in [0.25, 0.3) is 5.85 Å². The molecule has 6 unspecified atom stereocenters. The van der Waals surface area contributed by atoms with Crippen molar-refractivity contribution in [1.82, 2.24) is 24.6 Å². The van der Waals surface area contributed by atoms with Crippen LogP contribution >= 0.6 is 7.75 Å². The summed E-state index contributed by atoms with van der Waals surface area (Å²) in [6.45, 7) is 8.96. The first-order valence-corrected chi connectivity index (χ1v) is 15.4. The summed E-state index contributed by atoms with van der Waals surface area (Å²) >= 11 is 0. The van der Waals surface area contributed by atoms with E-state index in [1.807, 2.05) is 20.8 Å². The Hall–Kier alpha value is -3.40. The molecule has 44 heavy (non-hydrogen) atoms. The second kappa shape index (κ2) is 12.5. The normalized spacial score (nSPS) is 25.8. The number of esters is 1. The number of nitrogens with zero attached hydrogens (tertiary/aromatic N) is 4. The van der Waals surface area contributed by atoms with Gasteiger partial charge in [-0.15, -0.1) is 0 Å². The van der Waals surface area contributed by atoms with E-state index < -0.39 is 50.2 Å². The number of aliphatic hydroxyl groups is 2. The van der Waals surface area contributed by atoms with Gasteiger partial charge in [0.15, 0.2) is 17.4 Å². The van der Waals surface area contributed by atoms with Crippen LogP contribution in [0.2, 0.25) is 0 Å². The Bertz CT molecular complexity index is 1520. The molecule has 17 heteroatoms. The summed E-state index contributed by atoms with van der Waals surface area (Å²) in [7, 11) is -4.56. The van der Waals surface area contributed by atoms with Gasteiger partial charge in [0, 0.05) is 0 Å². The molecule has 3 heterocycles. The number of ether oxygens (including phenoxy) is 3. The zero-order valence-corrected chi connectivity index (χ0v) is 26.2. The third-order valence-corrected chi connectivity index (χ3v) is 8.09. The number of rotatable bonds is 12. The molecule has 5 N–H and O–H groups in total. The highest BCUT2D eigenvalue weighted by atomic mass is 31.2. The Labute approximate surface area is 253 Å². The number of nitrogen functional groups attached to an aromatic ring is 1. The van der Waals surface area contributed by atoms with Crippen molar-refractivity contribution in [3.8, 4) is 11.6 Å². The van der Waals surface area contributed by atoms with Gasteiger partial charge in [0.1, 0.15) is 30.1 Å². The summed E-state index contributed by atoms with van der Waals surface area (Å²) in [5.74, 6) is -3.94. The second-order valence-electron chi connectivity index (χ2n) is 11.7. The van der Waals surface area contributed by atoms with E-state index in [2.05, 4.69) is 20.0 Å². The van der Waals surface area contributed by atoms with E-state index in [0.717, 1.165) is 11.5 Å². The molecule has 242 valence electrons. The molecule has 4 rings (SSSR count). The van der Waals surface area contributed by atoms with E-state index in [9.17, 15) is 19.6 Å². The zero-order valence-electron chi connectivity index (χ0n) is 25.3. The van der Waals surface area contributed by atoms with E-state index in [1.54, 1.807) is 25.1 Å². The van der Waals surface area contributed by atoms with Crippen molar-refractivity contribution in [3.05, 3.63) is 36.7 Å². The average molecular weight is 641 g/mol. The molecule has 0 radical (unpaired) electrons. The third kappa shape index (κ3) is 7.28. The molecule has 1 saturated heterocycles. The van der Waals surface area contributed by atoms with E-state index in [1.165, 1.54) is 25.4 Å². The number of hydrogen-bond donors (Lipinski definition) is 4. The number of nitrogens with one attached hydrogen (secondary N) is 1. The number of benzene rings is 1. The molecule has 0 saturated carbocycles.